The van der Waals surface area contributed by atoms with Gasteiger partial charge in [-0.25, -0.2) is 19.2 Å². The number of aromatic nitrogens is 4. The summed E-state index contributed by atoms with van der Waals surface area (Å²) in [4.78, 5) is 20.0. The summed E-state index contributed by atoms with van der Waals surface area (Å²) in [6, 6.07) is 1.15. The van der Waals surface area contributed by atoms with Crippen molar-refractivity contribution < 1.29 is 13.9 Å². The van der Waals surface area contributed by atoms with E-state index in [0.29, 0.717) is 0 Å². The molecule has 0 fully saturated rings. The van der Waals surface area contributed by atoms with Crippen molar-refractivity contribution in [2.45, 2.75) is 45.8 Å². The number of nitrogen functional groups attached to an aromatic ring is 1. The molecule has 0 spiro atoms. The van der Waals surface area contributed by atoms with Gasteiger partial charge < -0.3 is 15.8 Å². The van der Waals surface area contributed by atoms with Crippen LogP contribution in [0.5, 0.6) is 0 Å². The van der Waals surface area contributed by atoms with Crippen molar-refractivity contribution in [2.24, 2.45) is 0 Å². The molecule has 8 nitrogen and oxygen atoms in total. The van der Waals surface area contributed by atoms with Gasteiger partial charge in [0, 0.05) is 6.07 Å². The minimum absolute atomic E-state index is 0.0315. The van der Waals surface area contributed by atoms with Gasteiger partial charge in [0.2, 0.25) is 0 Å². The van der Waals surface area contributed by atoms with Gasteiger partial charge in [-0.05, 0) is 34.6 Å². The molecule has 2 aromatic rings. The molecule has 130 valence electrons. The number of rotatable bonds is 3. The van der Waals surface area contributed by atoms with Gasteiger partial charge in [0.15, 0.2) is 17.5 Å². The van der Waals surface area contributed by atoms with Crippen molar-refractivity contribution in [3.05, 3.63) is 30.2 Å². The molecule has 0 saturated heterocycles. The number of amides is 1. The van der Waals surface area contributed by atoms with E-state index < -0.39 is 23.1 Å². The maximum absolute atomic E-state index is 13.9. The van der Waals surface area contributed by atoms with E-state index in [1.807, 2.05) is 0 Å². The Morgan fingerprint density at radius 3 is 2.54 bits per heavy atom. The Labute approximate surface area is 139 Å². The zero-order valence-corrected chi connectivity index (χ0v) is 14.3. The number of hydrogen-bond acceptors (Lipinski definition) is 6. The molecule has 2 heterocycles. The van der Waals surface area contributed by atoms with Crippen molar-refractivity contribution in [1.82, 2.24) is 25.1 Å². The first-order valence-electron chi connectivity index (χ1n) is 7.33. The number of hydrogen-bond donors (Lipinski definition) is 2. The van der Waals surface area contributed by atoms with Crippen LogP contribution in [0.2, 0.25) is 0 Å². The third-order valence-corrected chi connectivity index (χ3v) is 2.92. The topological polar surface area (TPSA) is 108 Å². The number of halogens is 1. The molecule has 0 bridgehead atoms. The smallest absolute Gasteiger partial charge is 0.408 e. The second-order valence-corrected chi connectivity index (χ2v) is 6.84. The Morgan fingerprint density at radius 1 is 1.29 bits per heavy atom. The lowest BCUT2D eigenvalue weighted by Crippen LogP contribution is -2.44. The van der Waals surface area contributed by atoms with Gasteiger partial charge in [-0.15, -0.1) is 5.10 Å². The van der Waals surface area contributed by atoms with Gasteiger partial charge in [0.05, 0.1) is 17.4 Å². The van der Waals surface area contributed by atoms with Crippen molar-refractivity contribution in [3.8, 4) is 5.82 Å². The number of anilines is 1. The van der Waals surface area contributed by atoms with Gasteiger partial charge in [-0.2, -0.15) is 4.68 Å². The molecule has 0 aliphatic rings. The van der Waals surface area contributed by atoms with E-state index in [0.717, 1.165) is 6.07 Å². The molecular formula is C15H21FN6O2. The van der Waals surface area contributed by atoms with E-state index in [4.69, 9.17) is 10.5 Å². The largest absolute Gasteiger partial charge is 0.444 e. The zero-order chi connectivity index (χ0) is 18.1. The SMILES string of the molecule is CC(C)(C)OC(=O)NC(C)(C)c1ncn(-c2ncc(N)cc2F)n1. The Morgan fingerprint density at radius 2 is 1.96 bits per heavy atom. The highest BCUT2D eigenvalue weighted by atomic mass is 19.1. The molecule has 0 aliphatic carbocycles. The van der Waals surface area contributed by atoms with Crippen molar-refractivity contribution in [2.75, 3.05) is 5.73 Å². The highest BCUT2D eigenvalue weighted by Crippen LogP contribution is 2.19. The molecule has 24 heavy (non-hydrogen) atoms. The standard InChI is InChI=1S/C15H21FN6O2/c1-14(2,3)24-13(23)20-15(4,5)12-19-8-22(21-12)11-10(16)6-9(17)7-18-11/h6-8H,17H2,1-5H3,(H,20,23). The molecule has 0 atom stereocenters. The van der Waals surface area contributed by atoms with Crippen LogP contribution in [0.25, 0.3) is 5.82 Å². The Hall–Kier alpha value is -2.71. The van der Waals surface area contributed by atoms with Crippen LogP contribution < -0.4 is 11.1 Å². The summed E-state index contributed by atoms with van der Waals surface area (Å²) in [5.41, 5.74) is 4.15. The molecule has 2 aromatic heterocycles. The fourth-order valence-electron chi connectivity index (χ4n) is 1.88. The fourth-order valence-corrected chi connectivity index (χ4v) is 1.88. The van der Waals surface area contributed by atoms with Crippen LogP contribution in [-0.4, -0.2) is 31.4 Å². The Bertz CT molecular complexity index is 751. The average Bonchev–Trinajstić information content (AvgIpc) is 2.85. The number of carbonyl (C=O) groups is 1. The molecule has 9 heteroatoms. The molecular weight excluding hydrogens is 315 g/mol. The van der Waals surface area contributed by atoms with E-state index in [9.17, 15) is 9.18 Å². The van der Waals surface area contributed by atoms with Gasteiger partial charge in [-0.1, -0.05) is 0 Å². The summed E-state index contributed by atoms with van der Waals surface area (Å²) < 4.78 is 20.3. The van der Waals surface area contributed by atoms with Crippen LogP contribution in [0.3, 0.4) is 0 Å². The molecule has 0 aromatic carbocycles. The van der Waals surface area contributed by atoms with Gasteiger partial charge in [-0.3, -0.25) is 0 Å². The lowest BCUT2D eigenvalue weighted by Gasteiger charge is -2.26. The van der Waals surface area contributed by atoms with Gasteiger partial charge >= 0.3 is 6.09 Å². The third-order valence-electron chi connectivity index (χ3n) is 2.92. The van der Waals surface area contributed by atoms with E-state index in [1.165, 1.54) is 17.2 Å². The number of nitrogens with one attached hydrogen (secondary N) is 1. The number of alkyl carbamates (subject to hydrolysis) is 1. The molecule has 0 saturated carbocycles. The summed E-state index contributed by atoms with van der Waals surface area (Å²) >= 11 is 0. The second-order valence-electron chi connectivity index (χ2n) is 6.84. The van der Waals surface area contributed by atoms with Crippen molar-refractivity contribution in [3.63, 3.8) is 0 Å². The third kappa shape index (κ3) is 4.18. The molecule has 1 amide bonds. The van der Waals surface area contributed by atoms with Crippen LogP contribution >= 0.6 is 0 Å². The van der Waals surface area contributed by atoms with Crippen LogP contribution in [0.15, 0.2) is 18.6 Å². The normalized spacial score (nSPS) is 12.1. The summed E-state index contributed by atoms with van der Waals surface area (Å²) in [6.07, 6.45) is 2.04. The first kappa shape index (κ1) is 17.6. The second kappa shape index (κ2) is 6.06. The lowest BCUT2D eigenvalue weighted by atomic mass is 10.1. The van der Waals surface area contributed by atoms with E-state index in [-0.39, 0.29) is 17.3 Å². The van der Waals surface area contributed by atoms with Crippen LogP contribution in [0, 0.1) is 5.82 Å². The molecule has 0 radical (unpaired) electrons. The minimum Gasteiger partial charge on any atom is -0.444 e. The number of nitrogens with zero attached hydrogens (tertiary/aromatic N) is 4. The van der Waals surface area contributed by atoms with E-state index in [1.54, 1.807) is 34.6 Å². The summed E-state index contributed by atoms with van der Waals surface area (Å²) in [5.74, 6) is -0.369. The lowest BCUT2D eigenvalue weighted by molar-refractivity contribution is 0.0466. The highest BCUT2D eigenvalue weighted by Gasteiger charge is 2.30. The summed E-state index contributed by atoms with van der Waals surface area (Å²) in [5, 5.41) is 6.87. The summed E-state index contributed by atoms with van der Waals surface area (Å²) in [7, 11) is 0. The first-order chi connectivity index (χ1) is 11.0. The molecule has 0 unspecified atom stereocenters. The van der Waals surface area contributed by atoms with E-state index >= 15 is 0 Å². The Kier molecular flexibility index (Phi) is 4.46. The predicted molar refractivity (Wildman–Crippen MR) is 85.9 cm³/mol. The van der Waals surface area contributed by atoms with Crippen LogP contribution in [-0.2, 0) is 10.3 Å². The van der Waals surface area contributed by atoms with Gasteiger partial charge in [0.1, 0.15) is 11.9 Å². The number of ether oxygens (including phenoxy) is 1. The number of carbonyl (C=O) groups excluding carboxylic acids is 1. The van der Waals surface area contributed by atoms with Crippen LogP contribution in [0.1, 0.15) is 40.4 Å². The predicted octanol–water partition coefficient (Wildman–Crippen LogP) is 2.14. The molecule has 2 rings (SSSR count). The number of nitrogens with two attached hydrogens (primary N) is 1. The maximum atomic E-state index is 13.9. The molecule has 3 N–H and O–H groups in total. The molecule has 0 aliphatic heterocycles. The van der Waals surface area contributed by atoms with Crippen LogP contribution in [0.4, 0.5) is 14.9 Å². The summed E-state index contributed by atoms with van der Waals surface area (Å²) in [6.45, 7) is 8.72. The zero-order valence-electron chi connectivity index (χ0n) is 14.3. The van der Waals surface area contributed by atoms with Crippen molar-refractivity contribution in [1.29, 1.82) is 0 Å². The number of pyridine rings is 1. The fraction of sp³-hybridized carbons (Fsp3) is 0.467. The quantitative estimate of drug-likeness (QED) is 0.889. The maximum Gasteiger partial charge on any atom is 0.408 e. The minimum atomic E-state index is -0.919. The van der Waals surface area contributed by atoms with Crippen molar-refractivity contribution >= 4 is 11.8 Å². The average molecular weight is 336 g/mol. The first-order valence-corrected chi connectivity index (χ1v) is 7.33. The van der Waals surface area contributed by atoms with E-state index in [2.05, 4.69) is 20.4 Å². The van der Waals surface area contributed by atoms with Gasteiger partial charge in [0.25, 0.3) is 0 Å². The highest BCUT2D eigenvalue weighted by molar-refractivity contribution is 5.68. The monoisotopic (exact) mass is 336 g/mol. The Balaban J connectivity index is 2.21.